The summed E-state index contributed by atoms with van der Waals surface area (Å²) in [5, 5.41) is 8.47. The first-order chi connectivity index (χ1) is 15.9. The van der Waals surface area contributed by atoms with E-state index in [1.165, 1.54) is 12.1 Å². The number of nitrogens with zero attached hydrogens (tertiary/aromatic N) is 3. The van der Waals surface area contributed by atoms with E-state index in [0.29, 0.717) is 12.1 Å². The highest BCUT2D eigenvalue weighted by molar-refractivity contribution is 7.89. The van der Waals surface area contributed by atoms with Crippen LogP contribution in [-0.2, 0) is 21.2 Å². The van der Waals surface area contributed by atoms with E-state index < -0.39 is 15.6 Å². The van der Waals surface area contributed by atoms with E-state index in [9.17, 15) is 13.2 Å². The number of carbonyl (C=O) groups excluding carboxylic acids is 1. The van der Waals surface area contributed by atoms with Crippen LogP contribution in [0.25, 0.3) is 16.6 Å². The summed E-state index contributed by atoms with van der Waals surface area (Å²) in [7, 11) is -3.69. The lowest BCUT2D eigenvalue weighted by molar-refractivity contribution is -0.116. The molecule has 0 unspecified atom stereocenters. The molecule has 0 saturated heterocycles. The summed E-state index contributed by atoms with van der Waals surface area (Å²) < 4.78 is 29.7. The van der Waals surface area contributed by atoms with Gasteiger partial charge in [-0.05, 0) is 76.9 Å². The molecule has 0 spiro atoms. The van der Waals surface area contributed by atoms with Crippen LogP contribution in [0.15, 0.2) is 53.4 Å². The first kappa shape index (κ1) is 23.8. The minimum Gasteiger partial charge on any atom is -0.326 e. The summed E-state index contributed by atoms with van der Waals surface area (Å²) in [6, 6.07) is 14.1. The third-order valence-corrected chi connectivity index (χ3v) is 7.24. The number of benzene rings is 2. The second-order valence-corrected chi connectivity index (χ2v) is 11.1. The van der Waals surface area contributed by atoms with Gasteiger partial charge in [-0.2, -0.15) is 5.10 Å². The Morgan fingerprint density at radius 2 is 1.79 bits per heavy atom. The van der Waals surface area contributed by atoms with Crippen LogP contribution >= 0.6 is 0 Å². The largest absolute Gasteiger partial charge is 0.326 e. The first-order valence-electron chi connectivity index (χ1n) is 11.1. The Morgan fingerprint density at radius 3 is 2.53 bits per heavy atom. The van der Waals surface area contributed by atoms with E-state index in [2.05, 4.69) is 15.1 Å². The molecule has 0 bridgehead atoms. The predicted octanol–water partition coefficient (Wildman–Crippen LogP) is 4.15. The lowest BCUT2D eigenvalue weighted by atomic mass is 10.1. The number of carbonyl (C=O) groups is 1. The molecule has 0 atom stereocenters. The summed E-state index contributed by atoms with van der Waals surface area (Å²) >= 11 is 0. The second-order valence-electron chi connectivity index (χ2n) is 9.45. The minimum absolute atomic E-state index is 0.104. The second kappa shape index (κ2) is 8.81. The van der Waals surface area contributed by atoms with Crippen molar-refractivity contribution in [1.29, 1.82) is 0 Å². The molecule has 2 heterocycles. The topological polar surface area (TPSA) is 105 Å². The summed E-state index contributed by atoms with van der Waals surface area (Å²) in [6.45, 7) is 9.25. The normalized spacial score (nSPS) is 12.4. The monoisotopic (exact) mass is 479 g/mol. The summed E-state index contributed by atoms with van der Waals surface area (Å²) in [6.07, 6.45) is 0.721. The smallest absolute Gasteiger partial charge is 0.241 e. The molecule has 2 aromatic carbocycles. The zero-order valence-electron chi connectivity index (χ0n) is 20.0. The van der Waals surface area contributed by atoms with Crippen LogP contribution in [0.2, 0.25) is 0 Å². The molecule has 9 heteroatoms. The SMILES string of the molecule is Cc1nc2c3ccccc3nn2c(C)c1CCC(=O)Nc1cccc(S(=O)(=O)NC(C)(C)C)c1. The third kappa shape index (κ3) is 4.95. The number of sulfonamides is 1. The molecule has 4 aromatic rings. The van der Waals surface area contributed by atoms with Crippen molar-refractivity contribution in [2.24, 2.45) is 0 Å². The molecule has 0 aliphatic heterocycles. The zero-order chi connectivity index (χ0) is 24.7. The zero-order valence-corrected chi connectivity index (χ0v) is 20.8. The molecule has 1 amide bonds. The number of anilines is 1. The number of amides is 1. The molecule has 4 rings (SSSR count). The maximum Gasteiger partial charge on any atom is 0.241 e. The molecule has 8 nitrogen and oxygen atoms in total. The Labute approximate surface area is 199 Å². The average molecular weight is 480 g/mol. The number of nitrogens with one attached hydrogen (secondary N) is 2. The van der Waals surface area contributed by atoms with Crippen molar-refractivity contribution in [3.8, 4) is 0 Å². The van der Waals surface area contributed by atoms with Crippen molar-refractivity contribution >= 4 is 38.2 Å². The number of hydrogen-bond acceptors (Lipinski definition) is 5. The quantitative estimate of drug-likeness (QED) is 0.432. The van der Waals surface area contributed by atoms with Gasteiger partial charge in [0.05, 0.1) is 10.4 Å². The molecule has 0 saturated carbocycles. The van der Waals surface area contributed by atoms with Crippen molar-refractivity contribution in [1.82, 2.24) is 19.3 Å². The number of aryl methyl sites for hydroxylation is 2. The van der Waals surface area contributed by atoms with Gasteiger partial charge in [-0.15, -0.1) is 0 Å². The van der Waals surface area contributed by atoms with Crippen LogP contribution in [0.3, 0.4) is 0 Å². The van der Waals surface area contributed by atoms with Gasteiger partial charge in [0, 0.05) is 34.4 Å². The van der Waals surface area contributed by atoms with Gasteiger partial charge in [-0.3, -0.25) is 4.79 Å². The predicted molar refractivity (Wildman–Crippen MR) is 133 cm³/mol. The maximum absolute atomic E-state index is 12.7. The highest BCUT2D eigenvalue weighted by Gasteiger charge is 2.22. The van der Waals surface area contributed by atoms with Crippen molar-refractivity contribution in [3.63, 3.8) is 0 Å². The fourth-order valence-electron chi connectivity index (χ4n) is 4.00. The molecule has 0 radical (unpaired) electrons. The van der Waals surface area contributed by atoms with Gasteiger partial charge in [0.15, 0.2) is 5.65 Å². The van der Waals surface area contributed by atoms with Crippen LogP contribution in [0.1, 0.15) is 44.1 Å². The van der Waals surface area contributed by atoms with Crippen molar-refractivity contribution in [3.05, 3.63) is 65.5 Å². The molecule has 2 N–H and O–H groups in total. The molecule has 2 aromatic heterocycles. The Kier molecular flexibility index (Phi) is 6.18. The van der Waals surface area contributed by atoms with Gasteiger partial charge in [-0.1, -0.05) is 18.2 Å². The average Bonchev–Trinajstić information content (AvgIpc) is 3.11. The van der Waals surface area contributed by atoms with Gasteiger partial charge < -0.3 is 5.32 Å². The van der Waals surface area contributed by atoms with E-state index in [1.54, 1.807) is 32.9 Å². The Bertz CT molecular complexity index is 1500. The fraction of sp³-hybridized carbons (Fsp3) is 0.320. The molecule has 178 valence electrons. The van der Waals surface area contributed by atoms with Crippen molar-refractivity contribution in [2.45, 2.75) is 57.9 Å². The van der Waals surface area contributed by atoms with Gasteiger partial charge in [0.1, 0.15) is 0 Å². The van der Waals surface area contributed by atoms with Crippen molar-refractivity contribution < 1.29 is 13.2 Å². The van der Waals surface area contributed by atoms with E-state index in [4.69, 9.17) is 4.98 Å². The highest BCUT2D eigenvalue weighted by atomic mass is 32.2. The molecular formula is C25H29N5O3S. The van der Waals surface area contributed by atoms with Crippen LogP contribution in [0.4, 0.5) is 5.69 Å². The summed E-state index contributed by atoms with van der Waals surface area (Å²) in [4.78, 5) is 17.5. The Balaban J connectivity index is 1.50. The van der Waals surface area contributed by atoms with Crippen LogP contribution in [0.5, 0.6) is 0 Å². The van der Waals surface area contributed by atoms with Gasteiger partial charge >= 0.3 is 0 Å². The summed E-state index contributed by atoms with van der Waals surface area (Å²) in [5.74, 6) is -0.206. The molecular weight excluding hydrogens is 450 g/mol. The standard InChI is InChI=1S/C25H29N5O3S/c1-16-20(17(2)30-24(26-16)21-11-6-7-12-22(21)28-30)13-14-23(31)27-18-9-8-10-19(15-18)34(32,33)29-25(3,4)5/h6-12,15,29H,13-14H2,1-5H3,(H,27,31). The van der Waals surface area contributed by atoms with Crippen LogP contribution in [0, 0.1) is 13.8 Å². The van der Waals surface area contributed by atoms with E-state index >= 15 is 0 Å². The van der Waals surface area contributed by atoms with Crippen molar-refractivity contribution in [2.75, 3.05) is 5.32 Å². The molecule has 0 aliphatic carbocycles. The molecule has 0 fully saturated rings. The number of fused-ring (bicyclic) bond motifs is 3. The van der Waals surface area contributed by atoms with Crippen LogP contribution in [-0.4, -0.2) is 34.5 Å². The third-order valence-electron chi connectivity index (χ3n) is 5.49. The molecule has 34 heavy (non-hydrogen) atoms. The maximum atomic E-state index is 12.7. The van der Waals surface area contributed by atoms with Crippen LogP contribution < -0.4 is 10.0 Å². The van der Waals surface area contributed by atoms with Gasteiger partial charge in [0.2, 0.25) is 15.9 Å². The first-order valence-corrected chi connectivity index (χ1v) is 12.6. The van der Waals surface area contributed by atoms with E-state index in [0.717, 1.165) is 33.5 Å². The Hall–Kier alpha value is -3.30. The van der Waals surface area contributed by atoms with Gasteiger partial charge in [0.25, 0.3) is 0 Å². The summed E-state index contributed by atoms with van der Waals surface area (Å²) in [5.41, 5.74) is 4.30. The minimum atomic E-state index is -3.69. The fourth-order valence-corrected chi connectivity index (χ4v) is 5.47. The highest BCUT2D eigenvalue weighted by Crippen LogP contribution is 2.23. The lowest BCUT2D eigenvalue weighted by Gasteiger charge is -2.20. The molecule has 0 aliphatic rings. The lowest BCUT2D eigenvalue weighted by Crippen LogP contribution is -2.40. The van der Waals surface area contributed by atoms with E-state index in [1.807, 2.05) is 42.6 Å². The number of hydrogen-bond donors (Lipinski definition) is 2. The van der Waals surface area contributed by atoms with Gasteiger partial charge in [-0.25, -0.2) is 22.6 Å². The number of rotatable bonds is 6. The number of aromatic nitrogens is 3. The van der Waals surface area contributed by atoms with E-state index in [-0.39, 0.29) is 17.2 Å². The Morgan fingerprint density at radius 1 is 1.06 bits per heavy atom.